The van der Waals surface area contributed by atoms with Crippen molar-refractivity contribution in [2.75, 3.05) is 12.8 Å². The summed E-state index contributed by atoms with van der Waals surface area (Å²) < 4.78 is 23.9. The molecule has 140 valence electrons. The van der Waals surface area contributed by atoms with E-state index in [0.29, 0.717) is 28.0 Å². The minimum Gasteiger partial charge on any atom is -0.332 e. The van der Waals surface area contributed by atoms with Crippen molar-refractivity contribution in [2.45, 2.75) is 23.9 Å². The third-order valence-corrected chi connectivity index (χ3v) is 6.21. The maximum Gasteiger partial charge on any atom is 0.254 e. The Balaban J connectivity index is 1.70. The summed E-state index contributed by atoms with van der Waals surface area (Å²) in [6.45, 7) is 0.661. The predicted octanol–water partition coefficient (Wildman–Crippen LogP) is 3.60. The van der Waals surface area contributed by atoms with Gasteiger partial charge in [0.15, 0.2) is 14.9 Å². The first kappa shape index (κ1) is 18.0. The fraction of sp³-hybridized carbons (Fsp3) is 0.263. The summed E-state index contributed by atoms with van der Waals surface area (Å²) in [6, 6.07) is 12.5. The molecule has 1 saturated heterocycles. The molecule has 3 aromatic rings. The zero-order valence-corrected chi connectivity index (χ0v) is 16.2. The zero-order chi connectivity index (χ0) is 19.2. The van der Waals surface area contributed by atoms with Gasteiger partial charge in [0.05, 0.1) is 11.6 Å². The number of amides is 1. The molecule has 1 atom stereocenters. The number of aromatic amines is 1. The van der Waals surface area contributed by atoms with E-state index in [-0.39, 0.29) is 17.0 Å². The molecule has 0 unspecified atom stereocenters. The van der Waals surface area contributed by atoms with Crippen molar-refractivity contribution in [3.63, 3.8) is 0 Å². The number of H-pyrrole nitrogens is 1. The molecule has 0 spiro atoms. The summed E-state index contributed by atoms with van der Waals surface area (Å²) >= 11 is 5.97. The van der Waals surface area contributed by atoms with Crippen molar-refractivity contribution in [2.24, 2.45) is 0 Å². The minimum absolute atomic E-state index is 0.0100. The van der Waals surface area contributed by atoms with Gasteiger partial charge in [0.25, 0.3) is 5.91 Å². The number of nitrogens with zero attached hydrogens (tertiary/aromatic N) is 2. The highest BCUT2D eigenvalue weighted by Crippen LogP contribution is 2.34. The van der Waals surface area contributed by atoms with E-state index >= 15 is 0 Å². The molecule has 4 rings (SSSR count). The van der Waals surface area contributed by atoms with Crippen LogP contribution in [0.5, 0.6) is 0 Å². The third-order valence-electron chi connectivity index (χ3n) is 4.91. The smallest absolute Gasteiger partial charge is 0.254 e. The molecule has 0 aliphatic carbocycles. The molecule has 0 radical (unpaired) electrons. The van der Waals surface area contributed by atoms with Gasteiger partial charge in [0.2, 0.25) is 0 Å². The van der Waals surface area contributed by atoms with E-state index < -0.39 is 9.84 Å². The first-order chi connectivity index (χ1) is 12.8. The quantitative estimate of drug-likeness (QED) is 0.724. The molecule has 2 aromatic carbocycles. The molecule has 0 saturated carbocycles. The van der Waals surface area contributed by atoms with E-state index in [1.54, 1.807) is 18.2 Å². The van der Waals surface area contributed by atoms with Gasteiger partial charge in [-0.1, -0.05) is 23.7 Å². The number of hydrogen-bond acceptors (Lipinski definition) is 4. The van der Waals surface area contributed by atoms with Crippen molar-refractivity contribution in [1.82, 2.24) is 15.1 Å². The van der Waals surface area contributed by atoms with Gasteiger partial charge in [-0.05, 0) is 48.7 Å². The van der Waals surface area contributed by atoms with Crippen LogP contribution in [0, 0.1) is 0 Å². The van der Waals surface area contributed by atoms with Crippen LogP contribution in [0.2, 0.25) is 5.02 Å². The van der Waals surface area contributed by atoms with E-state index in [0.717, 1.165) is 24.7 Å². The van der Waals surface area contributed by atoms with E-state index in [1.165, 1.54) is 0 Å². The first-order valence-electron chi connectivity index (χ1n) is 8.59. The monoisotopic (exact) mass is 403 g/mol. The predicted molar refractivity (Wildman–Crippen MR) is 104 cm³/mol. The SMILES string of the molecule is CS(=O)(=O)c1[nH]nc2ccc(C(=O)N3CCC[C@H]3c3ccc(Cl)cc3)cc12. The molecule has 2 heterocycles. The van der Waals surface area contributed by atoms with Crippen LogP contribution in [0.4, 0.5) is 0 Å². The largest absolute Gasteiger partial charge is 0.332 e. The van der Waals surface area contributed by atoms with E-state index in [2.05, 4.69) is 10.2 Å². The molecular weight excluding hydrogens is 386 g/mol. The number of likely N-dealkylation sites (tertiary alicyclic amines) is 1. The van der Waals surface area contributed by atoms with Crippen molar-refractivity contribution in [1.29, 1.82) is 0 Å². The standard InChI is InChI=1S/C19H18ClN3O3S/c1-27(25,26)18-15-11-13(6-9-16(15)21-22-18)19(24)23-10-2-3-17(23)12-4-7-14(20)8-5-12/h4-9,11,17H,2-3,10H2,1H3,(H,21,22)/t17-/m0/s1. The van der Waals surface area contributed by atoms with Gasteiger partial charge in [-0.3, -0.25) is 9.89 Å². The number of hydrogen-bond donors (Lipinski definition) is 1. The van der Waals surface area contributed by atoms with Crippen LogP contribution in [0.25, 0.3) is 10.9 Å². The number of aromatic nitrogens is 2. The van der Waals surface area contributed by atoms with Crippen molar-refractivity contribution in [3.8, 4) is 0 Å². The van der Waals surface area contributed by atoms with Gasteiger partial charge in [0.1, 0.15) is 0 Å². The number of nitrogens with one attached hydrogen (secondary N) is 1. The zero-order valence-electron chi connectivity index (χ0n) is 14.6. The normalized spacial score (nSPS) is 17.6. The Bertz CT molecular complexity index is 1120. The highest BCUT2D eigenvalue weighted by molar-refractivity contribution is 7.90. The highest BCUT2D eigenvalue weighted by atomic mass is 35.5. The Kier molecular flexibility index (Phi) is 4.44. The van der Waals surface area contributed by atoms with Crippen molar-refractivity contribution in [3.05, 3.63) is 58.6 Å². The molecule has 1 amide bonds. The molecule has 0 bridgehead atoms. The van der Waals surface area contributed by atoms with Gasteiger partial charge in [-0.2, -0.15) is 5.10 Å². The lowest BCUT2D eigenvalue weighted by molar-refractivity contribution is 0.0736. The molecule has 6 nitrogen and oxygen atoms in total. The Morgan fingerprint density at radius 1 is 1.22 bits per heavy atom. The second kappa shape index (κ2) is 6.65. The van der Waals surface area contributed by atoms with Crippen molar-refractivity contribution >= 4 is 38.2 Å². The summed E-state index contributed by atoms with van der Waals surface area (Å²) in [7, 11) is -3.46. The molecule has 1 fully saturated rings. The average Bonchev–Trinajstić information content (AvgIpc) is 3.27. The second-order valence-electron chi connectivity index (χ2n) is 6.76. The highest BCUT2D eigenvalue weighted by Gasteiger charge is 2.31. The molecule has 1 aliphatic rings. The van der Waals surface area contributed by atoms with Gasteiger partial charge in [-0.15, -0.1) is 0 Å². The molecule has 1 aromatic heterocycles. The van der Waals surface area contributed by atoms with E-state index in [1.807, 2.05) is 29.2 Å². The minimum atomic E-state index is -3.46. The average molecular weight is 404 g/mol. The molecule has 1 aliphatic heterocycles. The summed E-state index contributed by atoms with van der Waals surface area (Å²) in [6.07, 6.45) is 2.92. The van der Waals surface area contributed by atoms with Crippen LogP contribution < -0.4 is 0 Å². The van der Waals surface area contributed by atoms with Gasteiger partial charge >= 0.3 is 0 Å². The van der Waals surface area contributed by atoms with E-state index in [9.17, 15) is 13.2 Å². The Labute approximate surface area is 162 Å². The fourth-order valence-corrected chi connectivity index (χ4v) is 4.51. The van der Waals surface area contributed by atoms with Crippen LogP contribution in [-0.2, 0) is 9.84 Å². The first-order valence-corrected chi connectivity index (χ1v) is 10.9. The third kappa shape index (κ3) is 3.33. The van der Waals surface area contributed by atoms with Crippen LogP contribution in [0.1, 0.15) is 34.8 Å². The topological polar surface area (TPSA) is 83.1 Å². The van der Waals surface area contributed by atoms with Crippen LogP contribution in [0.15, 0.2) is 47.5 Å². The number of carbonyl (C=O) groups is 1. The lowest BCUT2D eigenvalue weighted by Gasteiger charge is -2.25. The van der Waals surface area contributed by atoms with Crippen LogP contribution in [0.3, 0.4) is 0 Å². The van der Waals surface area contributed by atoms with E-state index in [4.69, 9.17) is 11.6 Å². The number of halogens is 1. The summed E-state index contributed by atoms with van der Waals surface area (Å²) in [5.74, 6) is -0.116. The summed E-state index contributed by atoms with van der Waals surface area (Å²) in [5, 5.41) is 7.69. The lowest BCUT2D eigenvalue weighted by Crippen LogP contribution is -2.30. The lowest BCUT2D eigenvalue weighted by atomic mass is 10.0. The fourth-order valence-electron chi connectivity index (χ4n) is 3.61. The second-order valence-corrected chi connectivity index (χ2v) is 9.15. The Morgan fingerprint density at radius 2 is 1.96 bits per heavy atom. The summed E-state index contributed by atoms with van der Waals surface area (Å²) in [5.41, 5.74) is 2.02. The Morgan fingerprint density at radius 3 is 2.67 bits per heavy atom. The molecule has 1 N–H and O–H groups in total. The van der Waals surface area contributed by atoms with Crippen LogP contribution >= 0.6 is 11.6 Å². The number of fused-ring (bicyclic) bond motifs is 1. The molecular formula is C19H18ClN3O3S. The number of sulfone groups is 1. The van der Waals surface area contributed by atoms with Gasteiger partial charge in [0, 0.05) is 28.8 Å². The maximum atomic E-state index is 13.1. The Hall–Kier alpha value is -2.38. The van der Waals surface area contributed by atoms with Crippen LogP contribution in [-0.4, -0.2) is 42.2 Å². The summed E-state index contributed by atoms with van der Waals surface area (Å²) in [4.78, 5) is 15.0. The van der Waals surface area contributed by atoms with Gasteiger partial charge in [-0.25, -0.2) is 8.42 Å². The molecule has 27 heavy (non-hydrogen) atoms. The number of benzene rings is 2. The van der Waals surface area contributed by atoms with Crippen molar-refractivity contribution < 1.29 is 13.2 Å². The molecule has 8 heteroatoms. The maximum absolute atomic E-state index is 13.1. The number of carbonyl (C=O) groups excluding carboxylic acids is 1. The van der Waals surface area contributed by atoms with Gasteiger partial charge < -0.3 is 4.90 Å². The number of rotatable bonds is 3.